The Morgan fingerprint density at radius 1 is 1.13 bits per heavy atom. The molecule has 6 nitrogen and oxygen atoms in total. The Kier molecular flexibility index (Phi) is 6.62. The molecule has 1 aliphatic rings. The molecule has 2 heterocycles. The number of carbonyl (C=O) groups is 1. The van der Waals surface area contributed by atoms with Gasteiger partial charge < -0.3 is 19.4 Å². The second-order valence-corrected chi connectivity index (χ2v) is 7.50. The molecule has 1 amide bonds. The van der Waals surface area contributed by atoms with Crippen LogP contribution in [0.1, 0.15) is 35.4 Å². The average molecular weight is 423 g/mol. The molecule has 0 saturated carbocycles. The number of hydrogen-bond acceptors (Lipinski definition) is 4. The summed E-state index contributed by atoms with van der Waals surface area (Å²) in [7, 11) is 1.55. The van der Waals surface area contributed by atoms with Crippen LogP contribution in [0.2, 0.25) is 0 Å². The van der Waals surface area contributed by atoms with E-state index in [9.17, 15) is 9.18 Å². The largest absolute Gasteiger partial charge is 0.488 e. The lowest BCUT2D eigenvalue weighted by molar-refractivity contribution is 0.102. The molecule has 0 unspecified atom stereocenters. The van der Waals surface area contributed by atoms with Crippen molar-refractivity contribution in [2.75, 3.05) is 25.6 Å². The Morgan fingerprint density at radius 2 is 1.97 bits per heavy atom. The monoisotopic (exact) mass is 423 g/mol. The Bertz CT molecular complexity index is 1050. The van der Waals surface area contributed by atoms with E-state index in [1.165, 1.54) is 12.1 Å². The highest BCUT2D eigenvalue weighted by Gasteiger charge is 2.24. The fraction of sp³-hybridized carbons (Fsp3) is 0.333. The third-order valence-corrected chi connectivity index (χ3v) is 5.35. The van der Waals surface area contributed by atoms with Crippen LogP contribution in [0.5, 0.6) is 5.75 Å². The molecule has 0 saturated heterocycles. The maximum atomic E-state index is 14.3. The zero-order valence-corrected chi connectivity index (χ0v) is 17.6. The fourth-order valence-corrected chi connectivity index (χ4v) is 3.83. The summed E-state index contributed by atoms with van der Waals surface area (Å²) in [6.45, 7) is 1.46. The summed E-state index contributed by atoms with van der Waals surface area (Å²) in [5, 5.41) is 2.79. The maximum absolute atomic E-state index is 14.3. The predicted molar refractivity (Wildman–Crippen MR) is 117 cm³/mol. The molecular formula is C24H26FN3O3. The van der Waals surface area contributed by atoms with Crippen molar-refractivity contribution in [1.29, 1.82) is 0 Å². The maximum Gasteiger partial charge on any atom is 0.276 e. The van der Waals surface area contributed by atoms with E-state index in [-0.39, 0.29) is 18.3 Å². The molecule has 4 rings (SSSR count). The lowest BCUT2D eigenvalue weighted by Gasteiger charge is -2.10. The van der Waals surface area contributed by atoms with E-state index in [1.54, 1.807) is 13.2 Å². The predicted octanol–water partition coefficient (Wildman–Crippen LogP) is 4.69. The fourth-order valence-electron chi connectivity index (χ4n) is 3.83. The highest BCUT2D eigenvalue weighted by Crippen LogP contribution is 2.28. The molecule has 0 spiro atoms. The van der Waals surface area contributed by atoms with Crippen LogP contribution in [0, 0.1) is 5.82 Å². The van der Waals surface area contributed by atoms with Gasteiger partial charge >= 0.3 is 0 Å². The minimum atomic E-state index is -0.539. The van der Waals surface area contributed by atoms with Gasteiger partial charge in [0.1, 0.15) is 18.1 Å². The molecule has 0 fully saturated rings. The van der Waals surface area contributed by atoms with Crippen LogP contribution in [0.15, 0.2) is 48.5 Å². The van der Waals surface area contributed by atoms with Crippen molar-refractivity contribution in [2.24, 2.45) is 0 Å². The molecule has 31 heavy (non-hydrogen) atoms. The van der Waals surface area contributed by atoms with Crippen molar-refractivity contribution < 1.29 is 18.7 Å². The number of halogens is 1. The van der Waals surface area contributed by atoms with Crippen LogP contribution in [-0.4, -0.2) is 35.8 Å². The molecule has 0 atom stereocenters. The second-order valence-electron chi connectivity index (χ2n) is 7.50. The zero-order chi connectivity index (χ0) is 21.6. The number of nitrogens with zero attached hydrogens (tertiary/aromatic N) is 2. The molecule has 0 radical (unpaired) electrons. The number of amides is 1. The SMILES string of the molecule is COCCOc1ccc(NC(=O)c2nc(-c3ccccc3)n3c2CCCCC3)cc1F. The van der Waals surface area contributed by atoms with Crippen LogP contribution in [0.25, 0.3) is 11.4 Å². The summed E-state index contributed by atoms with van der Waals surface area (Å²) in [6, 6.07) is 14.3. The number of hydrogen-bond donors (Lipinski definition) is 1. The first kappa shape index (κ1) is 21.1. The third kappa shape index (κ3) is 4.77. The minimum Gasteiger partial charge on any atom is -0.488 e. The molecule has 0 bridgehead atoms. The average Bonchev–Trinajstić information content (AvgIpc) is 2.97. The highest BCUT2D eigenvalue weighted by molar-refractivity contribution is 6.04. The summed E-state index contributed by atoms with van der Waals surface area (Å²) in [5.74, 6) is 0.0517. The first-order chi connectivity index (χ1) is 15.2. The van der Waals surface area contributed by atoms with Gasteiger partial charge in [-0.1, -0.05) is 36.8 Å². The summed E-state index contributed by atoms with van der Waals surface area (Å²) >= 11 is 0. The Balaban J connectivity index is 1.59. The smallest absolute Gasteiger partial charge is 0.276 e. The number of ether oxygens (including phenoxy) is 2. The van der Waals surface area contributed by atoms with E-state index in [4.69, 9.17) is 14.5 Å². The summed E-state index contributed by atoms with van der Waals surface area (Å²) in [4.78, 5) is 17.8. The molecular weight excluding hydrogens is 397 g/mol. The number of imidazole rings is 1. The number of carbonyl (C=O) groups excluding carboxylic acids is 1. The molecule has 2 aromatic carbocycles. The quantitative estimate of drug-likeness (QED) is 0.560. The third-order valence-electron chi connectivity index (χ3n) is 5.35. The Hall–Kier alpha value is -3.19. The summed E-state index contributed by atoms with van der Waals surface area (Å²) < 4.78 is 26.7. The number of rotatable bonds is 7. The Labute approximate surface area is 181 Å². The first-order valence-corrected chi connectivity index (χ1v) is 10.5. The van der Waals surface area contributed by atoms with Crippen LogP contribution in [0.3, 0.4) is 0 Å². The lowest BCUT2D eigenvalue weighted by atomic mass is 10.1. The molecule has 0 aliphatic carbocycles. The van der Waals surface area contributed by atoms with E-state index in [2.05, 4.69) is 9.88 Å². The van der Waals surface area contributed by atoms with E-state index in [0.29, 0.717) is 18.0 Å². The van der Waals surface area contributed by atoms with Crippen molar-refractivity contribution >= 4 is 11.6 Å². The minimum absolute atomic E-state index is 0.122. The standard InChI is InChI=1S/C24H26FN3O3/c1-30-14-15-31-21-12-11-18(16-19(21)25)26-24(29)22-20-10-6-3-7-13-28(20)23(27-22)17-8-4-2-5-9-17/h2,4-5,8-9,11-12,16H,3,6-7,10,13-15H2,1H3,(H,26,29). The number of aromatic nitrogens is 2. The number of methoxy groups -OCH3 is 1. The molecule has 3 aromatic rings. The molecule has 1 aromatic heterocycles. The van der Waals surface area contributed by atoms with Gasteiger partial charge in [0.05, 0.1) is 12.3 Å². The topological polar surface area (TPSA) is 65.4 Å². The first-order valence-electron chi connectivity index (χ1n) is 10.5. The molecule has 1 N–H and O–H groups in total. The van der Waals surface area contributed by atoms with Gasteiger partial charge in [0.15, 0.2) is 11.6 Å². The van der Waals surface area contributed by atoms with Crippen molar-refractivity contribution in [3.8, 4) is 17.1 Å². The number of nitrogens with one attached hydrogen (secondary N) is 1. The molecule has 162 valence electrons. The van der Waals surface area contributed by atoms with Gasteiger partial charge in [-0.25, -0.2) is 9.37 Å². The molecule has 1 aliphatic heterocycles. The molecule has 7 heteroatoms. The van der Waals surface area contributed by atoms with E-state index < -0.39 is 5.82 Å². The van der Waals surface area contributed by atoms with Gasteiger partial charge in [0, 0.05) is 31.0 Å². The van der Waals surface area contributed by atoms with Gasteiger partial charge in [-0.05, 0) is 31.4 Å². The van der Waals surface area contributed by atoms with Gasteiger partial charge in [0.2, 0.25) is 0 Å². The number of fused-ring (bicyclic) bond motifs is 1. The van der Waals surface area contributed by atoms with Crippen molar-refractivity contribution in [3.05, 3.63) is 65.7 Å². The lowest BCUT2D eigenvalue weighted by Crippen LogP contribution is -2.15. The van der Waals surface area contributed by atoms with Crippen LogP contribution >= 0.6 is 0 Å². The normalized spacial score (nSPS) is 13.4. The summed E-state index contributed by atoms with van der Waals surface area (Å²) in [5.41, 5.74) is 2.68. The zero-order valence-electron chi connectivity index (χ0n) is 17.6. The highest BCUT2D eigenvalue weighted by atomic mass is 19.1. The van der Waals surface area contributed by atoms with Gasteiger partial charge in [-0.15, -0.1) is 0 Å². The number of benzene rings is 2. The number of anilines is 1. The summed E-state index contributed by atoms with van der Waals surface area (Å²) in [6.07, 6.45) is 3.98. The van der Waals surface area contributed by atoms with Gasteiger partial charge in [-0.3, -0.25) is 4.79 Å². The van der Waals surface area contributed by atoms with E-state index in [1.807, 2.05) is 30.3 Å². The van der Waals surface area contributed by atoms with Crippen LogP contribution < -0.4 is 10.1 Å². The van der Waals surface area contributed by atoms with E-state index >= 15 is 0 Å². The van der Waals surface area contributed by atoms with Crippen molar-refractivity contribution in [2.45, 2.75) is 32.2 Å². The second kappa shape index (κ2) is 9.75. The van der Waals surface area contributed by atoms with Crippen LogP contribution in [0.4, 0.5) is 10.1 Å². The van der Waals surface area contributed by atoms with Crippen LogP contribution in [-0.2, 0) is 17.7 Å². The van der Waals surface area contributed by atoms with Gasteiger partial charge in [0.25, 0.3) is 5.91 Å². The van der Waals surface area contributed by atoms with Crippen molar-refractivity contribution in [1.82, 2.24) is 9.55 Å². The Morgan fingerprint density at radius 3 is 2.74 bits per heavy atom. The van der Waals surface area contributed by atoms with E-state index in [0.717, 1.165) is 49.3 Å². The van der Waals surface area contributed by atoms with Gasteiger partial charge in [-0.2, -0.15) is 0 Å². The van der Waals surface area contributed by atoms with Crippen molar-refractivity contribution in [3.63, 3.8) is 0 Å².